The Morgan fingerprint density at radius 1 is 0.636 bits per heavy atom. The van der Waals surface area contributed by atoms with E-state index in [0.717, 1.165) is 0 Å². The summed E-state index contributed by atoms with van der Waals surface area (Å²) in [5, 5.41) is 2.75. The van der Waals surface area contributed by atoms with Gasteiger partial charge < -0.3 is 10.2 Å². The second-order valence-corrected chi connectivity index (χ2v) is 5.15. The average molecular weight is 305 g/mol. The smallest absolute Gasteiger partial charge is 0.0140 e. The van der Waals surface area contributed by atoms with E-state index in [1.54, 1.807) is 0 Å². The third-order valence-electron chi connectivity index (χ3n) is 1.88. The highest BCUT2D eigenvalue weighted by Gasteiger charge is 1.72. The van der Waals surface area contributed by atoms with Crippen LogP contribution in [0.5, 0.6) is 0 Å². The van der Waals surface area contributed by atoms with Crippen molar-refractivity contribution in [1.29, 1.82) is 0 Å². The summed E-state index contributed by atoms with van der Waals surface area (Å²) >= 11 is 0. The predicted octanol–water partition coefficient (Wildman–Crippen LogP) is 4.64. The molecule has 0 aromatic heterocycles. The van der Waals surface area contributed by atoms with Crippen LogP contribution >= 0.6 is 0 Å². The lowest BCUT2D eigenvalue weighted by atomic mass is 10.2. The third kappa shape index (κ3) is 26.8. The topological polar surface area (TPSA) is 15.3 Å². The van der Waals surface area contributed by atoms with Gasteiger partial charge in [-0.1, -0.05) is 79.2 Å². The molecule has 0 radical (unpaired) electrons. The minimum absolute atomic E-state index is 0. The van der Waals surface area contributed by atoms with Crippen LogP contribution in [0.1, 0.15) is 18.6 Å². The zero-order valence-electron chi connectivity index (χ0n) is 14.7. The first kappa shape index (κ1) is 25.3. The molecule has 0 spiro atoms. The molecule has 0 saturated carbocycles. The number of hydrogen-bond acceptors (Lipinski definition) is 2. The van der Waals surface area contributed by atoms with Crippen LogP contribution in [-0.2, 0) is 0 Å². The van der Waals surface area contributed by atoms with E-state index in [0.29, 0.717) is 0 Å². The molecule has 1 N–H and O–H groups in total. The molecular formula is C20H36N2. The van der Waals surface area contributed by atoms with E-state index in [2.05, 4.69) is 43.4 Å². The first-order valence-electron chi connectivity index (χ1n) is 7.16. The second kappa shape index (κ2) is 19.4. The van der Waals surface area contributed by atoms with Crippen LogP contribution in [0.15, 0.2) is 60.7 Å². The van der Waals surface area contributed by atoms with Crippen molar-refractivity contribution in [2.75, 3.05) is 35.2 Å². The van der Waals surface area contributed by atoms with Crippen molar-refractivity contribution in [2.24, 2.45) is 0 Å². The van der Waals surface area contributed by atoms with Gasteiger partial charge in [0.05, 0.1) is 0 Å². The average Bonchev–Trinajstić information content (AvgIpc) is 2.41. The summed E-state index contributed by atoms with van der Waals surface area (Å²) in [6, 6.07) is 20.5. The molecule has 126 valence electrons. The van der Waals surface area contributed by atoms with Gasteiger partial charge in [0, 0.05) is 0 Å². The van der Waals surface area contributed by atoms with Crippen molar-refractivity contribution in [1.82, 2.24) is 10.2 Å². The molecule has 22 heavy (non-hydrogen) atoms. The number of rotatable bonds is 0. The van der Waals surface area contributed by atoms with E-state index in [1.807, 2.05) is 76.5 Å². The van der Waals surface area contributed by atoms with E-state index in [1.165, 1.54) is 11.1 Å². The maximum absolute atomic E-state index is 2.75. The molecule has 2 aromatic carbocycles. The summed E-state index contributed by atoms with van der Waals surface area (Å²) in [6.07, 6.45) is 0. The Morgan fingerprint density at radius 2 is 0.818 bits per heavy atom. The molecule has 0 aliphatic rings. The Hall–Kier alpha value is -1.64. The zero-order chi connectivity index (χ0) is 16.5. The number of nitrogens with zero attached hydrogens (tertiary/aromatic N) is 1. The fourth-order valence-corrected chi connectivity index (χ4v) is 1.07. The van der Waals surface area contributed by atoms with Gasteiger partial charge >= 0.3 is 0 Å². The number of aryl methyl sites for hydroxylation is 2. The molecule has 2 rings (SSSR count). The first-order valence-corrected chi connectivity index (χ1v) is 7.16. The van der Waals surface area contributed by atoms with E-state index in [4.69, 9.17) is 0 Å². The molecule has 0 heterocycles. The van der Waals surface area contributed by atoms with Crippen molar-refractivity contribution >= 4 is 0 Å². The van der Waals surface area contributed by atoms with Gasteiger partial charge in [0.15, 0.2) is 0 Å². The molecule has 0 amide bonds. The minimum Gasteiger partial charge on any atom is -0.323 e. The van der Waals surface area contributed by atoms with Crippen LogP contribution in [0.2, 0.25) is 0 Å². The van der Waals surface area contributed by atoms with E-state index >= 15 is 0 Å². The summed E-state index contributed by atoms with van der Waals surface area (Å²) in [5.41, 5.74) is 2.64. The Balaban J connectivity index is -0.000000229. The summed E-state index contributed by atoms with van der Waals surface area (Å²) in [4.78, 5) is 2.00. The number of hydrogen-bond donors (Lipinski definition) is 1. The number of benzene rings is 2. The molecule has 2 nitrogen and oxygen atoms in total. The van der Waals surface area contributed by atoms with Crippen LogP contribution < -0.4 is 5.32 Å². The largest absolute Gasteiger partial charge is 0.323 e. The second-order valence-electron chi connectivity index (χ2n) is 5.15. The Morgan fingerprint density at radius 3 is 0.909 bits per heavy atom. The standard InChI is InChI=1S/2C7H8.C3H9N.C2H7N.CH4/c2*1-7-5-3-2-4-6-7;1-4(2)3;1-3-2;/h2*2-6H,1H3;1-3H3;3H,1-2H3;1H4. The lowest BCUT2D eigenvalue weighted by Gasteiger charge is -1.90. The molecule has 0 saturated heterocycles. The molecule has 0 bridgehead atoms. The Kier molecular flexibility index (Phi) is 22.3. The first-order chi connectivity index (χ1) is 9.93. The molecule has 2 aromatic rings. The quantitative estimate of drug-likeness (QED) is 0.763. The van der Waals surface area contributed by atoms with Gasteiger partial charge in [0.25, 0.3) is 0 Å². The van der Waals surface area contributed by atoms with Gasteiger partial charge in [-0.3, -0.25) is 0 Å². The highest BCUT2D eigenvalue weighted by Crippen LogP contribution is 1.92. The maximum atomic E-state index is 2.75. The highest BCUT2D eigenvalue weighted by atomic mass is 15.0. The summed E-state index contributed by atoms with van der Waals surface area (Å²) in [5.74, 6) is 0. The van der Waals surface area contributed by atoms with Gasteiger partial charge in [-0.25, -0.2) is 0 Å². The van der Waals surface area contributed by atoms with E-state index < -0.39 is 0 Å². The van der Waals surface area contributed by atoms with Gasteiger partial charge in [-0.15, -0.1) is 0 Å². The van der Waals surface area contributed by atoms with Gasteiger partial charge in [0.2, 0.25) is 0 Å². The van der Waals surface area contributed by atoms with Crippen LogP contribution in [0.4, 0.5) is 0 Å². The van der Waals surface area contributed by atoms with Crippen LogP contribution in [-0.4, -0.2) is 40.1 Å². The van der Waals surface area contributed by atoms with Crippen LogP contribution in [0.3, 0.4) is 0 Å². The Bertz CT molecular complexity index is 356. The van der Waals surface area contributed by atoms with Gasteiger partial charge in [-0.2, -0.15) is 0 Å². The lowest BCUT2D eigenvalue weighted by molar-refractivity contribution is 0.505. The highest BCUT2D eigenvalue weighted by molar-refractivity contribution is 5.12. The zero-order valence-corrected chi connectivity index (χ0v) is 14.7. The van der Waals surface area contributed by atoms with Crippen molar-refractivity contribution < 1.29 is 0 Å². The normalized spacial score (nSPS) is 8.00. The van der Waals surface area contributed by atoms with E-state index in [-0.39, 0.29) is 7.43 Å². The van der Waals surface area contributed by atoms with Crippen molar-refractivity contribution in [3.05, 3.63) is 71.8 Å². The lowest BCUT2D eigenvalue weighted by Crippen LogP contribution is -1.99. The summed E-state index contributed by atoms with van der Waals surface area (Å²) < 4.78 is 0. The molecule has 0 fully saturated rings. The molecular weight excluding hydrogens is 268 g/mol. The van der Waals surface area contributed by atoms with Crippen molar-refractivity contribution in [3.8, 4) is 0 Å². The van der Waals surface area contributed by atoms with Crippen LogP contribution in [0.25, 0.3) is 0 Å². The fraction of sp³-hybridized carbons (Fsp3) is 0.400. The third-order valence-corrected chi connectivity index (χ3v) is 1.88. The Labute approximate surface area is 139 Å². The molecule has 0 aliphatic carbocycles. The van der Waals surface area contributed by atoms with Gasteiger partial charge in [-0.05, 0) is 49.1 Å². The van der Waals surface area contributed by atoms with Crippen LogP contribution in [0, 0.1) is 13.8 Å². The van der Waals surface area contributed by atoms with E-state index in [9.17, 15) is 0 Å². The predicted molar refractivity (Wildman–Crippen MR) is 104 cm³/mol. The molecule has 0 unspecified atom stereocenters. The molecule has 0 atom stereocenters. The monoisotopic (exact) mass is 304 g/mol. The summed E-state index contributed by atoms with van der Waals surface area (Å²) in [6.45, 7) is 4.17. The van der Waals surface area contributed by atoms with Crippen molar-refractivity contribution in [3.63, 3.8) is 0 Å². The SMILES string of the molecule is C.CN(C)C.CNC.Cc1ccccc1.Cc1ccccc1. The minimum atomic E-state index is 0. The summed E-state index contributed by atoms with van der Waals surface area (Å²) in [7, 11) is 9.75. The fourth-order valence-electron chi connectivity index (χ4n) is 1.07. The molecule has 0 aliphatic heterocycles. The van der Waals surface area contributed by atoms with Gasteiger partial charge in [0.1, 0.15) is 0 Å². The maximum Gasteiger partial charge on any atom is -0.0140 e. The molecule has 2 heteroatoms. The number of nitrogens with one attached hydrogen (secondary N) is 1. The van der Waals surface area contributed by atoms with Crippen molar-refractivity contribution in [2.45, 2.75) is 21.3 Å².